The average Bonchev–Trinajstić information content (AvgIpc) is 2.40. The minimum Gasteiger partial charge on any atom is -0.396 e. The summed E-state index contributed by atoms with van der Waals surface area (Å²) in [5.74, 6) is 0.495. The molecule has 1 fully saturated rings. The molecule has 94 valence electrons. The maximum Gasteiger partial charge on any atom is 0.0584 e. The molecule has 0 spiro atoms. The summed E-state index contributed by atoms with van der Waals surface area (Å²) in [5, 5.41) is 9.10. The second kappa shape index (κ2) is 6.10. The van der Waals surface area contributed by atoms with Gasteiger partial charge in [0.1, 0.15) is 0 Å². The van der Waals surface area contributed by atoms with Gasteiger partial charge in [0, 0.05) is 25.9 Å². The van der Waals surface area contributed by atoms with Gasteiger partial charge >= 0.3 is 0 Å². The van der Waals surface area contributed by atoms with Crippen molar-refractivity contribution in [3.8, 4) is 0 Å². The lowest BCUT2D eigenvalue weighted by Gasteiger charge is -2.31. The summed E-state index contributed by atoms with van der Waals surface area (Å²) in [6.07, 6.45) is 3.98. The Bertz CT molecular complexity index is 348. The fourth-order valence-electron chi connectivity index (χ4n) is 2.37. The van der Waals surface area contributed by atoms with Crippen LogP contribution in [-0.4, -0.2) is 34.7 Å². The summed E-state index contributed by atoms with van der Waals surface area (Å²) in [6, 6.07) is 4.07. The monoisotopic (exact) mass is 235 g/mol. The van der Waals surface area contributed by atoms with E-state index in [1.807, 2.05) is 6.07 Å². The van der Waals surface area contributed by atoms with Crippen LogP contribution in [0.3, 0.4) is 0 Å². The molecule has 0 unspecified atom stereocenters. The van der Waals surface area contributed by atoms with Crippen LogP contribution >= 0.6 is 0 Å². The van der Waals surface area contributed by atoms with Crippen LogP contribution in [0.4, 0.5) is 0 Å². The van der Waals surface area contributed by atoms with E-state index in [1.165, 1.54) is 5.56 Å². The second-order valence-electron chi connectivity index (χ2n) is 4.72. The molecule has 1 aromatic rings. The lowest BCUT2D eigenvalue weighted by atomic mass is 9.97. The van der Waals surface area contributed by atoms with Gasteiger partial charge in [-0.2, -0.15) is 0 Å². The molecule has 1 aromatic heterocycles. The molecule has 1 saturated heterocycles. The van der Waals surface area contributed by atoms with Gasteiger partial charge < -0.3 is 10.8 Å². The van der Waals surface area contributed by atoms with Gasteiger partial charge in [0.15, 0.2) is 0 Å². The molecule has 0 atom stereocenters. The van der Waals surface area contributed by atoms with E-state index in [2.05, 4.69) is 16.0 Å². The number of aliphatic hydroxyl groups excluding tert-OH is 1. The molecule has 0 aromatic carbocycles. The number of rotatable bonds is 4. The number of pyridine rings is 1. The summed E-state index contributed by atoms with van der Waals surface area (Å²) in [6.45, 7) is 3.88. The van der Waals surface area contributed by atoms with Crippen LogP contribution in [0.5, 0.6) is 0 Å². The summed E-state index contributed by atoms with van der Waals surface area (Å²) < 4.78 is 0. The predicted molar refractivity (Wildman–Crippen MR) is 67.2 cm³/mol. The van der Waals surface area contributed by atoms with E-state index in [-0.39, 0.29) is 0 Å². The van der Waals surface area contributed by atoms with Gasteiger partial charge in [-0.25, -0.2) is 0 Å². The number of aromatic nitrogens is 1. The Labute approximate surface area is 102 Å². The Hall–Kier alpha value is -0.970. The fraction of sp³-hybridized carbons (Fsp3) is 0.615. The Morgan fingerprint density at radius 3 is 2.82 bits per heavy atom. The zero-order valence-electron chi connectivity index (χ0n) is 10.2. The highest BCUT2D eigenvalue weighted by Crippen LogP contribution is 2.19. The van der Waals surface area contributed by atoms with Crippen molar-refractivity contribution in [3.05, 3.63) is 29.6 Å². The van der Waals surface area contributed by atoms with E-state index in [0.29, 0.717) is 19.1 Å². The Balaban J connectivity index is 1.93. The zero-order chi connectivity index (χ0) is 12.1. The van der Waals surface area contributed by atoms with Crippen molar-refractivity contribution in [2.24, 2.45) is 11.7 Å². The van der Waals surface area contributed by atoms with E-state index in [4.69, 9.17) is 10.8 Å². The third-order valence-corrected chi connectivity index (χ3v) is 3.54. The molecule has 4 heteroatoms. The van der Waals surface area contributed by atoms with E-state index in [1.54, 1.807) is 6.20 Å². The smallest absolute Gasteiger partial charge is 0.0584 e. The molecule has 0 radical (unpaired) electrons. The van der Waals surface area contributed by atoms with Crippen molar-refractivity contribution in [3.63, 3.8) is 0 Å². The van der Waals surface area contributed by atoms with Gasteiger partial charge in [0.25, 0.3) is 0 Å². The van der Waals surface area contributed by atoms with Crippen molar-refractivity contribution < 1.29 is 5.11 Å². The van der Waals surface area contributed by atoms with Crippen molar-refractivity contribution in [1.29, 1.82) is 0 Å². The molecule has 0 saturated carbocycles. The molecule has 1 aliphatic heterocycles. The molecule has 2 rings (SSSR count). The molecule has 4 nitrogen and oxygen atoms in total. The SMILES string of the molecule is NCc1ncccc1CN1CCC(CO)CC1. The number of hydrogen-bond donors (Lipinski definition) is 2. The van der Waals surface area contributed by atoms with Crippen LogP contribution in [0.2, 0.25) is 0 Å². The van der Waals surface area contributed by atoms with Crippen molar-refractivity contribution in [2.45, 2.75) is 25.9 Å². The largest absolute Gasteiger partial charge is 0.396 e. The number of nitrogens with zero attached hydrogens (tertiary/aromatic N) is 2. The summed E-state index contributed by atoms with van der Waals surface area (Å²) in [4.78, 5) is 6.72. The number of likely N-dealkylation sites (tertiary alicyclic amines) is 1. The van der Waals surface area contributed by atoms with Crippen molar-refractivity contribution in [1.82, 2.24) is 9.88 Å². The van der Waals surface area contributed by atoms with E-state index in [0.717, 1.165) is 38.2 Å². The highest BCUT2D eigenvalue weighted by atomic mass is 16.3. The quantitative estimate of drug-likeness (QED) is 0.808. The molecule has 2 heterocycles. The van der Waals surface area contributed by atoms with Crippen molar-refractivity contribution >= 4 is 0 Å². The number of nitrogens with two attached hydrogens (primary N) is 1. The van der Waals surface area contributed by atoms with Crippen LogP contribution in [0.15, 0.2) is 18.3 Å². The minimum absolute atomic E-state index is 0.328. The summed E-state index contributed by atoms with van der Waals surface area (Å²) >= 11 is 0. The molecular formula is C13H21N3O. The molecule has 0 aliphatic carbocycles. The number of hydrogen-bond acceptors (Lipinski definition) is 4. The van der Waals surface area contributed by atoms with Gasteiger partial charge in [-0.15, -0.1) is 0 Å². The van der Waals surface area contributed by atoms with Gasteiger partial charge in [-0.1, -0.05) is 6.07 Å². The molecule has 0 bridgehead atoms. The van der Waals surface area contributed by atoms with Crippen LogP contribution in [0.1, 0.15) is 24.1 Å². The van der Waals surface area contributed by atoms with Gasteiger partial charge in [0.2, 0.25) is 0 Å². The lowest BCUT2D eigenvalue weighted by molar-refractivity contribution is 0.127. The van der Waals surface area contributed by atoms with E-state index >= 15 is 0 Å². The van der Waals surface area contributed by atoms with Crippen LogP contribution in [0.25, 0.3) is 0 Å². The van der Waals surface area contributed by atoms with Gasteiger partial charge in [-0.3, -0.25) is 9.88 Å². The number of aliphatic hydroxyl groups is 1. The molecule has 3 N–H and O–H groups in total. The molecule has 17 heavy (non-hydrogen) atoms. The Kier molecular flexibility index (Phi) is 4.48. The van der Waals surface area contributed by atoms with Crippen LogP contribution in [0, 0.1) is 5.92 Å². The van der Waals surface area contributed by atoms with Crippen molar-refractivity contribution in [2.75, 3.05) is 19.7 Å². The average molecular weight is 235 g/mol. The number of piperidine rings is 1. The lowest BCUT2D eigenvalue weighted by Crippen LogP contribution is -2.34. The van der Waals surface area contributed by atoms with Gasteiger partial charge in [0.05, 0.1) is 5.69 Å². The third-order valence-electron chi connectivity index (χ3n) is 3.54. The summed E-state index contributed by atoms with van der Waals surface area (Å²) in [5.41, 5.74) is 7.92. The molecule has 0 amide bonds. The first-order valence-corrected chi connectivity index (χ1v) is 6.29. The van der Waals surface area contributed by atoms with Crippen LogP contribution in [-0.2, 0) is 13.1 Å². The van der Waals surface area contributed by atoms with Gasteiger partial charge in [-0.05, 0) is 43.5 Å². The van der Waals surface area contributed by atoms with E-state index in [9.17, 15) is 0 Å². The minimum atomic E-state index is 0.328. The molecule has 1 aliphatic rings. The molecular weight excluding hydrogens is 214 g/mol. The maximum atomic E-state index is 9.10. The zero-order valence-corrected chi connectivity index (χ0v) is 10.2. The Morgan fingerprint density at radius 1 is 1.41 bits per heavy atom. The normalized spacial score (nSPS) is 18.5. The van der Waals surface area contributed by atoms with Crippen LogP contribution < -0.4 is 5.73 Å². The second-order valence-corrected chi connectivity index (χ2v) is 4.72. The maximum absolute atomic E-state index is 9.10. The first-order valence-electron chi connectivity index (χ1n) is 6.29. The first kappa shape index (κ1) is 12.5. The third kappa shape index (κ3) is 3.25. The fourth-order valence-corrected chi connectivity index (χ4v) is 2.37. The standard InChI is InChI=1S/C13H21N3O/c14-8-13-12(2-1-5-15-13)9-16-6-3-11(10-17)4-7-16/h1-2,5,11,17H,3-4,6-10,14H2. The first-order chi connectivity index (χ1) is 8.33. The highest BCUT2D eigenvalue weighted by Gasteiger charge is 2.19. The van der Waals surface area contributed by atoms with E-state index < -0.39 is 0 Å². The highest BCUT2D eigenvalue weighted by molar-refractivity contribution is 5.19. The summed E-state index contributed by atoms with van der Waals surface area (Å²) in [7, 11) is 0. The predicted octanol–water partition coefficient (Wildman–Crippen LogP) is 0.745. The topological polar surface area (TPSA) is 62.4 Å². The Morgan fingerprint density at radius 2 is 2.18 bits per heavy atom.